The van der Waals surface area contributed by atoms with Crippen molar-refractivity contribution in [1.82, 2.24) is 0 Å². The van der Waals surface area contributed by atoms with Gasteiger partial charge in [-0.1, -0.05) is 11.8 Å². The van der Waals surface area contributed by atoms with Crippen molar-refractivity contribution in [3.05, 3.63) is 35.4 Å². The average Bonchev–Trinajstić information content (AvgIpc) is 2.16. The molecule has 1 rings (SSSR count). The van der Waals surface area contributed by atoms with Crippen LogP contribution in [0.5, 0.6) is 0 Å². The number of halogens is 2. The first kappa shape index (κ1) is 11.7. The van der Waals surface area contributed by atoms with Gasteiger partial charge in [0.2, 0.25) is 0 Å². The second-order valence-corrected chi connectivity index (χ2v) is 3.21. The molecule has 0 aromatic heterocycles. The first-order valence-corrected chi connectivity index (χ1v) is 4.87. The summed E-state index contributed by atoms with van der Waals surface area (Å²) in [5, 5.41) is 0. The van der Waals surface area contributed by atoms with Crippen LogP contribution in [-0.2, 0) is 0 Å². The third-order valence-electron chi connectivity index (χ3n) is 1.85. The molecule has 15 heavy (non-hydrogen) atoms. The molecule has 1 aromatic carbocycles. The number of hydrogen-bond acceptors (Lipinski definition) is 1. The maximum atomic E-state index is 12.7. The van der Waals surface area contributed by atoms with Crippen molar-refractivity contribution in [2.75, 3.05) is 6.54 Å². The van der Waals surface area contributed by atoms with E-state index in [1.807, 2.05) is 0 Å². The summed E-state index contributed by atoms with van der Waals surface area (Å²) in [6.07, 6.45) is 2.54. The van der Waals surface area contributed by atoms with Crippen LogP contribution in [0.25, 0.3) is 0 Å². The van der Waals surface area contributed by atoms with Gasteiger partial charge < -0.3 is 5.73 Å². The second-order valence-electron chi connectivity index (χ2n) is 3.21. The van der Waals surface area contributed by atoms with E-state index in [1.54, 1.807) is 0 Å². The molecule has 1 aromatic rings. The van der Waals surface area contributed by atoms with Gasteiger partial charge in [-0.25, -0.2) is 8.78 Å². The van der Waals surface area contributed by atoms with Crippen LogP contribution in [0.1, 0.15) is 24.8 Å². The standard InChI is InChI=1S/C12H13F2N/c13-11-7-10(8-12(14)9-11)5-3-1-2-4-6-15/h7-9H,1-2,4,6,15H2. The molecule has 0 heterocycles. The number of nitrogens with two attached hydrogens (primary N) is 1. The summed E-state index contributed by atoms with van der Waals surface area (Å²) < 4.78 is 25.5. The Balaban J connectivity index is 2.55. The van der Waals surface area contributed by atoms with E-state index in [-0.39, 0.29) is 0 Å². The van der Waals surface area contributed by atoms with E-state index in [4.69, 9.17) is 5.73 Å². The summed E-state index contributed by atoms with van der Waals surface area (Å²) in [4.78, 5) is 0. The first-order valence-electron chi connectivity index (χ1n) is 4.87. The molecule has 1 nitrogen and oxygen atoms in total. The van der Waals surface area contributed by atoms with E-state index in [1.165, 1.54) is 12.1 Å². The van der Waals surface area contributed by atoms with Gasteiger partial charge in [0.1, 0.15) is 11.6 Å². The zero-order chi connectivity index (χ0) is 11.1. The minimum Gasteiger partial charge on any atom is -0.330 e. The van der Waals surface area contributed by atoms with Gasteiger partial charge in [0, 0.05) is 18.1 Å². The largest absolute Gasteiger partial charge is 0.330 e. The van der Waals surface area contributed by atoms with Crippen LogP contribution >= 0.6 is 0 Å². The summed E-state index contributed by atoms with van der Waals surface area (Å²) in [7, 11) is 0. The lowest BCUT2D eigenvalue weighted by atomic mass is 10.2. The highest BCUT2D eigenvalue weighted by molar-refractivity contribution is 5.34. The van der Waals surface area contributed by atoms with E-state index < -0.39 is 11.6 Å². The fourth-order valence-electron chi connectivity index (χ4n) is 1.15. The van der Waals surface area contributed by atoms with Crippen LogP contribution in [0.4, 0.5) is 8.78 Å². The molecule has 0 atom stereocenters. The van der Waals surface area contributed by atoms with Crippen molar-refractivity contribution in [3.8, 4) is 11.8 Å². The van der Waals surface area contributed by atoms with Gasteiger partial charge in [-0.05, 0) is 31.5 Å². The van der Waals surface area contributed by atoms with Crippen molar-refractivity contribution in [1.29, 1.82) is 0 Å². The average molecular weight is 209 g/mol. The quantitative estimate of drug-likeness (QED) is 0.600. The lowest BCUT2D eigenvalue weighted by Gasteiger charge is -1.93. The van der Waals surface area contributed by atoms with Gasteiger partial charge in [-0.15, -0.1) is 0 Å². The molecular formula is C12H13F2N. The molecule has 80 valence electrons. The molecule has 0 amide bonds. The normalized spacial score (nSPS) is 9.53. The molecule has 0 aliphatic rings. The molecule has 0 saturated carbocycles. The van der Waals surface area contributed by atoms with Crippen LogP contribution in [0.2, 0.25) is 0 Å². The molecule has 0 bridgehead atoms. The van der Waals surface area contributed by atoms with Crippen LogP contribution in [0, 0.1) is 23.5 Å². The zero-order valence-electron chi connectivity index (χ0n) is 8.39. The Labute approximate surface area is 88.3 Å². The van der Waals surface area contributed by atoms with Crippen LogP contribution in [-0.4, -0.2) is 6.54 Å². The molecular weight excluding hydrogens is 196 g/mol. The number of unbranched alkanes of at least 4 members (excludes halogenated alkanes) is 2. The fraction of sp³-hybridized carbons (Fsp3) is 0.333. The predicted molar refractivity (Wildman–Crippen MR) is 56.1 cm³/mol. The molecule has 0 saturated heterocycles. The summed E-state index contributed by atoms with van der Waals surface area (Å²) in [6, 6.07) is 3.28. The topological polar surface area (TPSA) is 26.0 Å². The molecule has 2 N–H and O–H groups in total. The molecule has 3 heteroatoms. The Morgan fingerprint density at radius 3 is 2.33 bits per heavy atom. The van der Waals surface area contributed by atoms with Gasteiger partial charge in [0.25, 0.3) is 0 Å². The van der Waals surface area contributed by atoms with Crippen molar-refractivity contribution >= 4 is 0 Å². The minimum absolute atomic E-state index is 0.375. The van der Waals surface area contributed by atoms with E-state index in [2.05, 4.69) is 11.8 Å². The van der Waals surface area contributed by atoms with E-state index in [0.29, 0.717) is 18.5 Å². The van der Waals surface area contributed by atoms with Crippen molar-refractivity contribution < 1.29 is 8.78 Å². The van der Waals surface area contributed by atoms with E-state index in [0.717, 1.165) is 18.9 Å². The third-order valence-corrected chi connectivity index (χ3v) is 1.85. The number of hydrogen-bond donors (Lipinski definition) is 1. The van der Waals surface area contributed by atoms with Crippen LogP contribution in [0.3, 0.4) is 0 Å². The summed E-state index contributed by atoms with van der Waals surface area (Å²) in [5.74, 6) is 4.37. The Kier molecular flexibility index (Phi) is 4.79. The van der Waals surface area contributed by atoms with Gasteiger partial charge >= 0.3 is 0 Å². The highest BCUT2D eigenvalue weighted by Crippen LogP contribution is 2.06. The Hall–Kier alpha value is -1.40. The minimum atomic E-state index is -0.596. The third kappa shape index (κ3) is 4.57. The van der Waals surface area contributed by atoms with Crippen molar-refractivity contribution in [2.24, 2.45) is 5.73 Å². The predicted octanol–water partition coefficient (Wildman–Crippen LogP) is 2.45. The van der Waals surface area contributed by atoms with Gasteiger partial charge in [-0.3, -0.25) is 0 Å². The molecule has 0 radical (unpaired) electrons. The van der Waals surface area contributed by atoms with Gasteiger partial charge in [-0.2, -0.15) is 0 Å². The highest BCUT2D eigenvalue weighted by Gasteiger charge is 1.96. The smallest absolute Gasteiger partial charge is 0.127 e. The summed E-state index contributed by atoms with van der Waals surface area (Å²) >= 11 is 0. The summed E-state index contributed by atoms with van der Waals surface area (Å²) in [5.41, 5.74) is 5.69. The van der Waals surface area contributed by atoms with Crippen LogP contribution < -0.4 is 5.73 Å². The van der Waals surface area contributed by atoms with Crippen LogP contribution in [0.15, 0.2) is 18.2 Å². The Morgan fingerprint density at radius 2 is 1.73 bits per heavy atom. The monoisotopic (exact) mass is 209 g/mol. The lowest BCUT2D eigenvalue weighted by molar-refractivity contribution is 0.582. The van der Waals surface area contributed by atoms with E-state index in [9.17, 15) is 8.78 Å². The van der Waals surface area contributed by atoms with E-state index >= 15 is 0 Å². The van der Waals surface area contributed by atoms with Crippen molar-refractivity contribution in [3.63, 3.8) is 0 Å². The number of benzene rings is 1. The first-order chi connectivity index (χ1) is 7.22. The molecule has 0 spiro atoms. The fourth-order valence-corrected chi connectivity index (χ4v) is 1.15. The van der Waals surface area contributed by atoms with Crippen molar-refractivity contribution in [2.45, 2.75) is 19.3 Å². The SMILES string of the molecule is NCCCCC#Cc1cc(F)cc(F)c1. The zero-order valence-corrected chi connectivity index (χ0v) is 8.39. The highest BCUT2D eigenvalue weighted by atomic mass is 19.1. The second kappa shape index (κ2) is 6.15. The maximum Gasteiger partial charge on any atom is 0.127 e. The van der Waals surface area contributed by atoms with Gasteiger partial charge in [0.05, 0.1) is 0 Å². The van der Waals surface area contributed by atoms with Gasteiger partial charge in [0.15, 0.2) is 0 Å². The molecule has 0 aliphatic heterocycles. The lowest BCUT2D eigenvalue weighted by Crippen LogP contribution is -1.96. The molecule has 0 fully saturated rings. The Bertz CT molecular complexity index is 357. The molecule has 0 unspecified atom stereocenters. The maximum absolute atomic E-state index is 12.7. The summed E-state index contributed by atoms with van der Waals surface area (Å²) in [6.45, 7) is 0.649. The Morgan fingerprint density at radius 1 is 1.07 bits per heavy atom. The molecule has 0 aliphatic carbocycles. The number of rotatable bonds is 3.